The number of thiophene rings is 1. The van der Waals surface area contributed by atoms with Gasteiger partial charge in [-0.2, -0.15) is 5.10 Å². The van der Waals surface area contributed by atoms with Gasteiger partial charge in [0.1, 0.15) is 0 Å². The molecule has 0 unspecified atom stereocenters. The molecular weight excluding hydrogens is 338 g/mol. The zero-order valence-electron chi connectivity index (χ0n) is 12.2. The number of carbonyl (C=O) groups is 2. The van der Waals surface area contributed by atoms with Gasteiger partial charge >= 0.3 is 5.97 Å². The van der Waals surface area contributed by atoms with Crippen LogP contribution in [0.25, 0.3) is 10.6 Å². The Labute approximate surface area is 141 Å². The quantitative estimate of drug-likeness (QED) is 0.786. The van der Waals surface area contributed by atoms with E-state index in [0.29, 0.717) is 41.3 Å². The summed E-state index contributed by atoms with van der Waals surface area (Å²) >= 11 is 7.32. The highest BCUT2D eigenvalue weighted by molar-refractivity contribution is 7.19. The van der Waals surface area contributed by atoms with Crippen LogP contribution in [0, 0.1) is 5.92 Å². The Morgan fingerprint density at radius 3 is 2.65 bits per heavy atom. The van der Waals surface area contributed by atoms with Gasteiger partial charge in [0.25, 0.3) is 5.91 Å². The van der Waals surface area contributed by atoms with Gasteiger partial charge in [0.05, 0.1) is 32.6 Å². The Morgan fingerprint density at radius 1 is 1.30 bits per heavy atom. The third-order valence-electron chi connectivity index (χ3n) is 4.12. The summed E-state index contributed by atoms with van der Waals surface area (Å²) in [7, 11) is 0. The molecule has 6 nitrogen and oxygen atoms in total. The number of hydrogen-bond donors (Lipinski definition) is 3. The van der Waals surface area contributed by atoms with Crippen molar-refractivity contribution in [3.63, 3.8) is 0 Å². The molecule has 0 aliphatic heterocycles. The van der Waals surface area contributed by atoms with Crippen molar-refractivity contribution in [3.05, 3.63) is 28.2 Å². The van der Waals surface area contributed by atoms with Crippen LogP contribution in [-0.2, 0) is 4.79 Å². The molecule has 23 heavy (non-hydrogen) atoms. The van der Waals surface area contributed by atoms with Crippen LogP contribution < -0.4 is 5.32 Å². The van der Waals surface area contributed by atoms with E-state index in [0.717, 1.165) is 4.88 Å². The number of carbonyl (C=O) groups excluding carboxylic acids is 1. The van der Waals surface area contributed by atoms with Gasteiger partial charge in [0.2, 0.25) is 0 Å². The Hall–Kier alpha value is -1.86. The largest absolute Gasteiger partial charge is 0.481 e. The SMILES string of the molecule is O=C(NC1CCC(C(=O)O)CC1)c1cn[nH]c1-c1ccc(Cl)s1. The van der Waals surface area contributed by atoms with Gasteiger partial charge in [-0.1, -0.05) is 11.6 Å². The first kappa shape index (κ1) is 16.0. The van der Waals surface area contributed by atoms with Crippen molar-refractivity contribution in [1.29, 1.82) is 0 Å². The van der Waals surface area contributed by atoms with Gasteiger partial charge in [-0.05, 0) is 37.8 Å². The molecule has 2 aromatic rings. The Balaban J connectivity index is 1.66. The molecule has 3 rings (SSSR count). The summed E-state index contributed by atoms with van der Waals surface area (Å²) in [6.45, 7) is 0. The highest BCUT2D eigenvalue weighted by Gasteiger charge is 2.27. The molecule has 3 N–H and O–H groups in total. The molecule has 0 radical (unpaired) electrons. The van der Waals surface area contributed by atoms with Crippen LogP contribution in [0.4, 0.5) is 0 Å². The number of nitrogens with zero attached hydrogens (tertiary/aromatic N) is 1. The summed E-state index contributed by atoms with van der Waals surface area (Å²) in [5, 5.41) is 18.8. The third kappa shape index (κ3) is 3.56. The topological polar surface area (TPSA) is 95.1 Å². The number of nitrogens with one attached hydrogen (secondary N) is 2. The minimum atomic E-state index is -0.749. The number of carboxylic acid groups (broad SMARTS) is 1. The van der Waals surface area contributed by atoms with Crippen molar-refractivity contribution < 1.29 is 14.7 Å². The van der Waals surface area contributed by atoms with Crippen molar-refractivity contribution in [3.8, 4) is 10.6 Å². The Kier molecular flexibility index (Phi) is 4.68. The maximum Gasteiger partial charge on any atom is 0.306 e. The van der Waals surface area contributed by atoms with Crippen molar-refractivity contribution in [2.75, 3.05) is 0 Å². The number of rotatable bonds is 4. The minimum absolute atomic E-state index is 0.00720. The molecule has 0 saturated heterocycles. The van der Waals surface area contributed by atoms with E-state index in [-0.39, 0.29) is 17.9 Å². The second-order valence-electron chi connectivity index (χ2n) is 5.62. The first-order valence-corrected chi connectivity index (χ1v) is 8.57. The van der Waals surface area contributed by atoms with Crippen LogP contribution in [-0.4, -0.2) is 33.2 Å². The maximum atomic E-state index is 12.5. The van der Waals surface area contributed by atoms with Crippen molar-refractivity contribution in [2.24, 2.45) is 5.92 Å². The summed E-state index contributed by atoms with van der Waals surface area (Å²) in [6, 6.07) is 3.62. The van der Waals surface area contributed by atoms with Gasteiger partial charge in [-0.25, -0.2) is 0 Å². The molecule has 2 aromatic heterocycles. The monoisotopic (exact) mass is 353 g/mol. The molecule has 0 atom stereocenters. The lowest BCUT2D eigenvalue weighted by Gasteiger charge is -2.26. The normalized spacial score (nSPS) is 21.1. The maximum absolute atomic E-state index is 12.5. The fraction of sp³-hybridized carbons (Fsp3) is 0.400. The number of aliphatic carboxylic acids is 1. The Bertz CT molecular complexity index is 719. The van der Waals surface area contributed by atoms with E-state index < -0.39 is 5.97 Å². The highest BCUT2D eigenvalue weighted by atomic mass is 35.5. The molecule has 1 aliphatic rings. The predicted molar refractivity (Wildman–Crippen MR) is 87.8 cm³/mol. The van der Waals surface area contributed by atoms with E-state index in [9.17, 15) is 9.59 Å². The lowest BCUT2D eigenvalue weighted by molar-refractivity contribution is -0.142. The van der Waals surface area contributed by atoms with E-state index in [4.69, 9.17) is 16.7 Å². The number of halogens is 1. The van der Waals surface area contributed by atoms with E-state index >= 15 is 0 Å². The van der Waals surface area contributed by atoms with E-state index in [1.807, 2.05) is 6.07 Å². The van der Waals surface area contributed by atoms with Gasteiger partial charge in [0.15, 0.2) is 0 Å². The Morgan fingerprint density at radius 2 is 2.04 bits per heavy atom. The summed E-state index contributed by atoms with van der Waals surface area (Å²) in [6.07, 6.45) is 4.06. The zero-order valence-corrected chi connectivity index (χ0v) is 13.8. The van der Waals surface area contributed by atoms with E-state index in [1.54, 1.807) is 6.07 Å². The molecule has 122 valence electrons. The standard InChI is InChI=1S/C15H16ClN3O3S/c16-12-6-5-11(23-12)13-10(7-17-19-13)14(20)18-9-3-1-8(2-4-9)15(21)22/h5-9H,1-4H2,(H,17,19)(H,18,20)(H,21,22). The second-order valence-corrected chi connectivity index (χ2v) is 7.34. The first-order valence-electron chi connectivity index (χ1n) is 7.37. The number of hydrogen-bond acceptors (Lipinski definition) is 4. The third-order valence-corrected chi connectivity index (χ3v) is 5.36. The molecule has 2 heterocycles. The summed E-state index contributed by atoms with van der Waals surface area (Å²) < 4.78 is 0.646. The minimum Gasteiger partial charge on any atom is -0.481 e. The van der Waals surface area contributed by atoms with E-state index in [1.165, 1.54) is 17.5 Å². The average Bonchev–Trinajstić information content (AvgIpc) is 3.16. The molecule has 8 heteroatoms. The molecule has 1 fully saturated rings. The number of H-pyrrole nitrogens is 1. The highest BCUT2D eigenvalue weighted by Crippen LogP contribution is 2.32. The van der Waals surface area contributed by atoms with Crippen molar-refractivity contribution in [1.82, 2.24) is 15.5 Å². The average molecular weight is 354 g/mol. The van der Waals surface area contributed by atoms with Gasteiger partial charge in [-0.15, -0.1) is 11.3 Å². The molecule has 0 spiro atoms. The summed E-state index contributed by atoms with van der Waals surface area (Å²) in [5.74, 6) is -1.24. The smallest absolute Gasteiger partial charge is 0.306 e. The van der Waals surface area contributed by atoms with Crippen LogP contribution in [0.2, 0.25) is 4.34 Å². The molecule has 1 saturated carbocycles. The molecule has 1 aliphatic carbocycles. The number of aromatic amines is 1. The van der Waals surface area contributed by atoms with Crippen LogP contribution in [0.15, 0.2) is 18.3 Å². The fourth-order valence-corrected chi connectivity index (χ4v) is 3.89. The van der Waals surface area contributed by atoms with Crippen LogP contribution in [0.3, 0.4) is 0 Å². The fourth-order valence-electron chi connectivity index (χ4n) is 2.84. The predicted octanol–water partition coefficient (Wildman–Crippen LogP) is 3.16. The van der Waals surface area contributed by atoms with Crippen molar-refractivity contribution in [2.45, 2.75) is 31.7 Å². The number of amides is 1. The molecule has 0 bridgehead atoms. The second kappa shape index (κ2) is 6.72. The van der Waals surface area contributed by atoms with Gasteiger partial charge < -0.3 is 10.4 Å². The molecule has 1 amide bonds. The van der Waals surface area contributed by atoms with Crippen LogP contribution in [0.1, 0.15) is 36.0 Å². The summed E-state index contributed by atoms with van der Waals surface area (Å²) in [4.78, 5) is 24.3. The lowest BCUT2D eigenvalue weighted by Crippen LogP contribution is -2.38. The van der Waals surface area contributed by atoms with Crippen LogP contribution >= 0.6 is 22.9 Å². The van der Waals surface area contributed by atoms with Gasteiger partial charge in [-0.3, -0.25) is 14.7 Å². The molecule has 0 aromatic carbocycles. The molecular formula is C15H16ClN3O3S. The first-order chi connectivity index (χ1) is 11.0. The number of aromatic nitrogens is 2. The van der Waals surface area contributed by atoms with Gasteiger partial charge in [0, 0.05) is 6.04 Å². The summed E-state index contributed by atoms with van der Waals surface area (Å²) in [5.41, 5.74) is 1.13. The van der Waals surface area contributed by atoms with E-state index in [2.05, 4.69) is 15.5 Å². The van der Waals surface area contributed by atoms with Crippen molar-refractivity contribution >= 4 is 34.8 Å². The lowest BCUT2D eigenvalue weighted by atomic mass is 9.86. The zero-order chi connectivity index (χ0) is 16.4. The van der Waals surface area contributed by atoms with Crippen LogP contribution in [0.5, 0.6) is 0 Å². The number of carboxylic acids is 1.